The molecule has 1 aromatic heterocycles. The highest BCUT2D eigenvalue weighted by Crippen LogP contribution is 2.23. The van der Waals surface area contributed by atoms with Crippen molar-refractivity contribution < 1.29 is 4.74 Å². The molecule has 0 bridgehead atoms. The van der Waals surface area contributed by atoms with Gasteiger partial charge in [0.1, 0.15) is 18.2 Å². The molecule has 0 saturated carbocycles. The van der Waals surface area contributed by atoms with E-state index >= 15 is 0 Å². The van der Waals surface area contributed by atoms with Crippen molar-refractivity contribution in [3.8, 4) is 5.75 Å². The maximum Gasteiger partial charge on any atom is 0.148 e. The number of fused-ring (bicyclic) bond motifs is 1. The lowest BCUT2D eigenvalue weighted by Crippen LogP contribution is -2.29. The second-order valence-electron chi connectivity index (χ2n) is 8.43. The van der Waals surface area contributed by atoms with E-state index in [1.54, 1.807) is 0 Å². The van der Waals surface area contributed by atoms with Crippen LogP contribution in [0, 0.1) is 12.8 Å². The average Bonchev–Trinajstić information content (AvgIpc) is 3.13. The third-order valence-corrected chi connectivity index (χ3v) is 6.39. The predicted octanol–water partition coefficient (Wildman–Crippen LogP) is 6.14. The number of hydrogen-bond donors (Lipinski definition) is 1. The summed E-state index contributed by atoms with van der Waals surface area (Å²) in [6.07, 6.45) is 7.83. The van der Waals surface area contributed by atoms with E-state index in [4.69, 9.17) is 21.3 Å². The summed E-state index contributed by atoms with van der Waals surface area (Å²) in [4.78, 5) is 4.92. The Morgan fingerprint density at radius 2 is 2.00 bits per heavy atom. The molecule has 1 fully saturated rings. The van der Waals surface area contributed by atoms with Crippen LogP contribution in [0.15, 0.2) is 42.5 Å². The zero-order valence-electron chi connectivity index (χ0n) is 17.9. The Morgan fingerprint density at radius 3 is 2.80 bits per heavy atom. The lowest BCUT2D eigenvalue weighted by atomic mass is 9.94. The van der Waals surface area contributed by atoms with Crippen molar-refractivity contribution in [1.82, 2.24) is 14.9 Å². The summed E-state index contributed by atoms with van der Waals surface area (Å²) in [5, 5.41) is 4.24. The number of halogens is 1. The van der Waals surface area contributed by atoms with Gasteiger partial charge in [0, 0.05) is 11.6 Å². The second-order valence-corrected chi connectivity index (χ2v) is 8.86. The van der Waals surface area contributed by atoms with Crippen molar-refractivity contribution in [2.24, 2.45) is 5.92 Å². The Kier molecular flexibility index (Phi) is 7.29. The van der Waals surface area contributed by atoms with Gasteiger partial charge in [-0.05, 0) is 87.5 Å². The van der Waals surface area contributed by atoms with Crippen LogP contribution in [0.3, 0.4) is 0 Å². The molecular formula is C25H32ClN3O. The van der Waals surface area contributed by atoms with Gasteiger partial charge in [0.15, 0.2) is 0 Å². The quantitative estimate of drug-likeness (QED) is 0.418. The summed E-state index contributed by atoms with van der Waals surface area (Å²) in [6, 6.07) is 13.9. The SMILES string of the molecule is Cc1cccc2c1nc(COc1ccc(Cl)cc1)n2CCCCCC1CCCNC1. The fourth-order valence-corrected chi connectivity index (χ4v) is 4.55. The van der Waals surface area contributed by atoms with E-state index in [0.717, 1.165) is 29.6 Å². The minimum Gasteiger partial charge on any atom is -0.486 e. The number of benzene rings is 2. The summed E-state index contributed by atoms with van der Waals surface area (Å²) >= 11 is 5.98. The zero-order valence-corrected chi connectivity index (χ0v) is 18.6. The van der Waals surface area contributed by atoms with E-state index in [2.05, 4.69) is 35.0 Å². The van der Waals surface area contributed by atoms with Crippen LogP contribution in [0.1, 0.15) is 49.9 Å². The molecule has 0 aliphatic carbocycles. The molecule has 1 N–H and O–H groups in total. The first kappa shape index (κ1) is 21.2. The molecule has 5 heteroatoms. The van der Waals surface area contributed by atoms with E-state index in [1.807, 2.05) is 24.3 Å². The van der Waals surface area contributed by atoms with Crippen LogP contribution in [0.25, 0.3) is 11.0 Å². The largest absolute Gasteiger partial charge is 0.486 e. The van der Waals surface area contributed by atoms with Crippen LogP contribution >= 0.6 is 11.6 Å². The molecule has 0 radical (unpaired) electrons. The molecular weight excluding hydrogens is 394 g/mol. The highest BCUT2D eigenvalue weighted by atomic mass is 35.5. The molecule has 1 aliphatic heterocycles. The summed E-state index contributed by atoms with van der Waals surface area (Å²) < 4.78 is 8.36. The molecule has 4 nitrogen and oxygen atoms in total. The van der Waals surface area contributed by atoms with Gasteiger partial charge in [-0.1, -0.05) is 36.6 Å². The first-order valence-electron chi connectivity index (χ1n) is 11.2. The number of aromatic nitrogens is 2. The summed E-state index contributed by atoms with van der Waals surface area (Å²) in [7, 11) is 0. The van der Waals surface area contributed by atoms with E-state index in [9.17, 15) is 0 Å². The summed E-state index contributed by atoms with van der Waals surface area (Å²) in [5.74, 6) is 2.68. The number of para-hydroxylation sites is 1. The number of piperidine rings is 1. The second kappa shape index (κ2) is 10.3. The van der Waals surface area contributed by atoms with Gasteiger partial charge < -0.3 is 14.6 Å². The van der Waals surface area contributed by atoms with Crippen LogP contribution in [0.4, 0.5) is 0 Å². The van der Waals surface area contributed by atoms with E-state index in [1.165, 1.54) is 62.7 Å². The van der Waals surface area contributed by atoms with Gasteiger partial charge in [-0.2, -0.15) is 0 Å². The lowest BCUT2D eigenvalue weighted by Gasteiger charge is -2.22. The van der Waals surface area contributed by atoms with E-state index in [-0.39, 0.29) is 0 Å². The molecule has 1 saturated heterocycles. The number of ether oxygens (including phenoxy) is 1. The van der Waals surface area contributed by atoms with Crippen molar-refractivity contribution in [2.75, 3.05) is 13.1 Å². The van der Waals surface area contributed by atoms with Gasteiger partial charge in [0.2, 0.25) is 0 Å². The first-order valence-corrected chi connectivity index (χ1v) is 11.6. The molecule has 4 rings (SSSR count). The van der Waals surface area contributed by atoms with Crippen molar-refractivity contribution in [1.29, 1.82) is 0 Å². The number of nitrogens with one attached hydrogen (secondary N) is 1. The smallest absolute Gasteiger partial charge is 0.148 e. The van der Waals surface area contributed by atoms with Crippen LogP contribution in [-0.4, -0.2) is 22.6 Å². The maximum absolute atomic E-state index is 6.02. The standard InChI is InChI=1S/C25H32ClN3O/c1-19-7-5-10-23-25(19)28-24(18-30-22-13-11-21(26)12-14-22)29(23)16-4-2-3-8-20-9-6-15-27-17-20/h5,7,10-14,20,27H,2-4,6,8-9,15-18H2,1H3. The highest BCUT2D eigenvalue weighted by molar-refractivity contribution is 6.30. The third-order valence-electron chi connectivity index (χ3n) is 6.13. The zero-order chi connectivity index (χ0) is 20.8. The molecule has 2 aromatic carbocycles. The molecule has 3 aromatic rings. The predicted molar refractivity (Wildman–Crippen MR) is 124 cm³/mol. The fraction of sp³-hybridized carbons (Fsp3) is 0.480. The third kappa shape index (κ3) is 5.35. The normalized spacial score (nSPS) is 16.8. The Hall–Kier alpha value is -2.04. The fourth-order valence-electron chi connectivity index (χ4n) is 4.42. The van der Waals surface area contributed by atoms with Gasteiger partial charge in [0.05, 0.1) is 11.0 Å². The monoisotopic (exact) mass is 425 g/mol. The summed E-state index contributed by atoms with van der Waals surface area (Å²) in [6.45, 7) is 5.98. The van der Waals surface area contributed by atoms with Gasteiger partial charge in [0.25, 0.3) is 0 Å². The van der Waals surface area contributed by atoms with E-state index < -0.39 is 0 Å². The van der Waals surface area contributed by atoms with Crippen molar-refractivity contribution in [3.63, 3.8) is 0 Å². The molecule has 1 unspecified atom stereocenters. The van der Waals surface area contributed by atoms with Crippen LogP contribution < -0.4 is 10.1 Å². The van der Waals surface area contributed by atoms with Gasteiger partial charge in [-0.25, -0.2) is 4.98 Å². The van der Waals surface area contributed by atoms with Gasteiger partial charge >= 0.3 is 0 Å². The minimum atomic E-state index is 0.462. The first-order chi connectivity index (χ1) is 14.7. The molecule has 160 valence electrons. The number of imidazole rings is 1. The number of hydrogen-bond acceptors (Lipinski definition) is 3. The number of nitrogens with zero attached hydrogens (tertiary/aromatic N) is 2. The highest BCUT2D eigenvalue weighted by Gasteiger charge is 2.14. The lowest BCUT2D eigenvalue weighted by molar-refractivity contribution is 0.289. The van der Waals surface area contributed by atoms with Gasteiger partial charge in [-0.15, -0.1) is 0 Å². The molecule has 30 heavy (non-hydrogen) atoms. The molecule has 1 atom stereocenters. The molecule has 0 amide bonds. The molecule has 1 aliphatic rings. The number of rotatable bonds is 9. The van der Waals surface area contributed by atoms with Gasteiger partial charge in [-0.3, -0.25) is 0 Å². The molecule has 0 spiro atoms. The Morgan fingerprint density at radius 1 is 1.13 bits per heavy atom. The van der Waals surface area contributed by atoms with Crippen LogP contribution in [-0.2, 0) is 13.2 Å². The number of aryl methyl sites for hydroxylation is 2. The van der Waals surface area contributed by atoms with Crippen LogP contribution in [0.2, 0.25) is 5.02 Å². The van der Waals surface area contributed by atoms with Crippen molar-refractivity contribution in [3.05, 3.63) is 58.9 Å². The minimum absolute atomic E-state index is 0.462. The van der Waals surface area contributed by atoms with Crippen LogP contribution in [0.5, 0.6) is 5.75 Å². The van der Waals surface area contributed by atoms with Crippen molar-refractivity contribution >= 4 is 22.6 Å². The average molecular weight is 426 g/mol. The Balaban J connectivity index is 1.39. The topological polar surface area (TPSA) is 39.1 Å². The van der Waals surface area contributed by atoms with E-state index in [0.29, 0.717) is 11.6 Å². The summed E-state index contributed by atoms with van der Waals surface area (Å²) in [5.41, 5.74) is 3.51. The maximum atomic E-state index is 6.02. The number of unbranched alkanes of at least 4 members (excludes halogenated alkanes) is 2. The Bertz CT molecular complexity index is 945. The molecule has 2 heterocycles. The Labute approximate surface area is 184 Å². The van der Waals surface area contributed by atoms with Crippen molar-refractivity contribution in [2.45, 2.75) is 58.6 Å².